The van der Waals surface area contributed by atoms with E-state index in [1.165, 1.54) is 12.1 Å². The molecule has 0 radical (unpaired) electrons. The fourth-order valence-corrected chi connectivity index (χ4v) is 1.94. The van der Waals surface area contributed by atoms with E-state index in [9.17, 15) is 8.42 Å². The average Bonchev–Trinajstić information content (AvgIpc) is 2.65. The molecule has 0 bridgehead atoms. The van der Waals surface area contributed by atoms with Gasteiger partial charge in [-0.05, 0) is 6.92 Å². The van der Waals surface area contributed by atoms with Gasteiger partial charge in [0, 0.05) is 12.1 Å². The summed E-state index contributed by atoms with van der Waals surface area (Å²) in [4.78, 5) is 0. The lowest BCUT2D eigenvalue weighted by Crippen LogP contribution is -2.15. The highest BCUT2D eigenvalue weighted by Crippen LogP contribution is 2.38. The van der Waals surface area contributed by atoms with Gasteiger partial charge in [-0.15, -0.1) is 0 Å². The SMILES string of the molecule is CCS(=O)(=O)Nc1cc2c(cc1N)OCO2. The highest BCUT2D eigenvalue weighted by Gasteiger charge is 2.18. The molecule has 16 heavy (non-hydrogen) atoms. The number of sulfonamides is 1. The molecule has 1 heterocycles. The maximum Gasteiger partial charge on any atom is 0.232 e. The number of benzene rings is 1. The van der Waals surface area contributed by atoms with Crippen LogP contribution in [0.25, 0.3) is 0 Å². The molecule has 7 heteroatoms. The van der Waals surface area contributed by atoms with Crippen LogP contribution in [0, 0.1) is 0 Å². The van der Waals surface area contributed by atoms with Crippen molar-refractivity contribution in [3.05, 3.63) is 12.1 Å². The molecule has 0 spiro atoms. The number of hydrogen-bond acceptors (Lipinski definition) is 5. The Bertz CT molecular complexity index is 512. The minimum Gasteiger partial charge on any atom is -0.454 e. The summed E-state index contributed by atoms with van der Waals surface area (Å²) in [6.45, 7) is 1.67. The van der Waals surface area contributed by atoms with Crippen LogP contribution in [0.15, 0.2) is 12.1 Å². The van der Waals surface area contributed by atoms with E-state index in [1.54, 1.807) is 6.92 Å². The Morgan fingerprint density at radius 3 is 2.62 bits per heavy atom. The van der Waals surface area contributed by atoms with Crippen molar-refractivity contribution in [3.8, 4) is 11.5 Å². The molecule has 0 fully saturated rings. The Morgan fingerprint density at radius 2 is 2.00 bits per heavy atom. The molecule has 1 aliphatic rings. The monoisotopic (exact) mass is 244 g/mol. The third-order valence-electron chi connectivity index (χ3n) is 2.19. The second-order valence-electron chi connectivity index (χ2n) is 3.30. The summed E-state index contributed by atoms with van der Waals surface area (Å²) in [6, 6.07) is 3.06. The van der Waals surface area contributed by atoms with Gasteiger partial charge in [0.15, 0.2) is 11.5 Å². The molecular formula is C9H12N2O4S. The number of nitrogens with one attached hydrogen (secondary N) is 1. The number of fused-ring (bicyclic) bond motifs is 1. The summed E-state index contributed by atoms with van der Waals surface area (Å²) >= 11 is 0. The third kappa shape index (κ3) is 1.99. The topological polar surface area (TPSA) is 90.7 Å². The van der Waals surface area contributed by atoms with Gasteiger partial charge in [0.1, 0.15) is 0 Å². The van der Waals surface area contributed by atoms with Crippen LogP contribution in [0.3, 0.4) is 0 Å². The second kappa shape index (κ2) is 3.75. The summed E-state index contributed by atoms with van der Waals surface area (Å²) in [5, 5.41) is 0. The molecule has 0 saturated heterocycles. The first-order valence-electron chi connectivity index (χ1n) is 4.71. The Balaban J connectivity index is 2.36. The minimum absolute atomic E-state index is 0.0130. The van der Waals surface area contributed by atoms with Gasteiger partial charge in [-0.3, -0.25) is 4.72 Å². The van der Waals surface area contributed by atoms with Crippen molar-refractivity contribution in [2.24, 2.45) is 0 Å². The number of ether oxygens (including phenoxy) is 2. The summed E-state index contributed by atoms with van der Waals surface area (Å²) in [7, 11) is -3.34. The largest absolute Gasteiger partial charge is 0.454 e. The number of hydrogen-bond donors (Lipinski definition) is 2. The first kappa shape index (κ1) is 10.9. The molecular weight excluding hydrogens is 232 g/mol. The van der Waals surface area contributed by atoms with Crippen LogP contribution in [0.1, 0.15) is 6.92 Å². The Morgan fingerprint density at radius 1 is 1.38 bits per heavy atom. The van der Waals surface area contributed by atoms with Crippen molar-refractivity contribution in [2.75, 3.05) is 23.0 Å². The standard InChI is InChI=1S/C9H12N2O4S/c1-2-16(12,13)11-7-4-9-8(3-6(7)10)14-5-15-9/h3-4,11H,2,5,10H2,1H3. The van der Waals surface area contributed by atoms with Gasteiger partial charge in [-0.25, -0.2) is 8.42 Å². The molecule has 2 rings (SSSR count). The maximum absolute atomic E-state index is 11.4. The van der Waals surface area contributed by atoms with Crippen LogP contribution in [-0.4, -0.2) is 21.0 Å². The lowest BCUT2D eigenvalue weighted by molar-refractivity contribution is 0.174. The van der Waals surface area contributed by atoms with E-state index in [2.05, 4.69) is 4.72 Å². The minimum atomic E-state index is -3.34. The average molecular weight is 244 g/mol. The lowest BCUT2D eigenvalue weighted by atomic mass is 10.2. The van der Waals surface area contributed by atoms with Gasteiger partial charge in [-0.2, -0.15) is 0 Å². The van der Waals surface area contributed by atoms with E-state index in [1.807, 2.05) is 0 Å². The summed E-state index contributed by atoms with van der Waals surface area (Å²) in [5.74, 6) is 1.00. The molecule has 0 atom stereocenters. The van der Waals surface area contributed by atoms with E-state index in [0.717, 1.165) is 0 Å². The van der Waals surface area contributed by atoms with Crippen LogP contribution in [-0.2, 0) is 10.0 Å². The number of nitrogen functional groups attached to an aromatic ring is 1. The molecule has 88 valence electrons. The molecule has 6 nitrogen and oxygen atoms in total. The van der Waals surface area contributed by atoms with E-state index in [4.69, 9.17) is 15.2 Å². The zero-order valence-electron chi connectivity index (χ0n) is 8.69. The molecule has 0 aliphatic carbocycles. The normalized spacial score (nSPS) is 13.8. The zero-order valence-corrected chi connectivity index (χ0v) is 9.50. The van der Waals surface area contributed by atoms with Crippen LogP contribution in [0.5, 0.6) is 11.5 Å². The smallest absolute Gasteiger partial charge is 0.232 e. The molecule has 1 aliphatic heterocycles. The predicted octanol–water partition coefficient (Wildman–Crippen LogP) is 0.759. The first-order valence-corrected chi connectivity index (χ1v) is 6.36. The Hall–Kier alpha value is -1.63. The van der Waals surface area contributed by atoms with Crippen molar-refractivity contribution in [3.63, 3.8) is 0 Å². The second-order valence-corrected chi connectivity index (χ2v) is 5.31. The summed E-state index contributed by atoms with van der Waals surface area (Å²) in [5.41, 5.74) is 6.31. The van der Waals surface area contributed by atoms with Crippen LogP contribution >= 0.6 is 0 Å². The Labute approximate surface area is 93.4 Å². The predicted molar refractivity (Wildman–Crippen MR) is 60.1 cm³/mol. The maximum atomic E-state index is 11.4. The summed E-state index contributed by atoms with van der Waals surface area (Å²) < 4.78 is 35.4. The fraction of sp³-hybridized carbons (Fsp3) is 0.333. The van der Waals surface area contributed by atoms with Crippen molar-refractivity contribution >= 4 is 21.4 Å². The van der Waals surface area contributed by atoms with E-state index in [-0.39, 0.29) is 12.5 Å². The van der Waals surface area contributed by atoms with Gasteiger partial charge < -0.3 is 15.2 Å². The molecule has 0 unspecified atom stereocenters. The number of anilines is 2. The van der Waals surface area contributed by atoms with Crippen LogP contribution < -0.4 is 19.9 Å². The van der Waals surface area contributed by atoms with Crippen molar-refractivity contribution < 1.29 is 17.9 Å². The highest BCUT2D eigenvalue weighted by molar-refractivity contribution is 7.92. The third-order valence-corrected chi connectivity index (χ3v) is 3.48. The van der Waals surface area contributed by atoms with Gasteiger partial charge in [0.2, 0.25) is 16.8 Å². The number of rotatable bonds is 3. The van der Waals surface area contributed by atoms with Gasteiger partial charge >= 0.3 is 0 Å². The molecule has 0 aromatic heterocycles. The first-order chi connectivity index (χ1) is 7.52. The van der Waals surface area contributed by atoms with Crippen LogP contribution in [0.2, 0.25) is 0 Å². The molecule has 0 amide bonds. The van der Waals surface area contributed by atoms with Crippen LogP contribution in [0.4, 0.5) is 11.4 Å². The van der Waals surface area contributed by atoms with Gasteiger partial charge in [-0.1, -0.05) is 0 Å². The molecule has 3 N–H and O–H groups in total. The summed E-state index contributed by atoms with van der Waals surface area (Å²) in [6.07, 6.45) is 0. The van der Waals surface area contributed by atoms with Crippen molar-refractivity contribution in [1.29, 1.82) is 0 Å². The lowest BCUT2D eigenvalue weighted by Gasteiger charge is -2.09. The molecule has 1 aromatic rings. The Kier molecular flexibility index (Phi) is 2.55. The molecule has 0 saturated carbocycles. The van der Waals surface area contributed by atoms with E-state index in [0.29, 0.717) is 22.9 Å². The van der Waals surface area contributed by atoms with Crippen molar-refractivity contribution in [1.82, 2.24) is 0 Å². The zero-order chi connectivity index (χ0) is 11.8. The highest BCUT2D eigenvalue weighted by atomic mass is 32.2. The van der Waals surface area contributed by atoms with E-state index < -0.39 is 10.0 Å². The quantitative estimate of drug-likeness (QED) is 0.766. The fourth-order valence-electron chi connectivity index (χ4n) is 1.29. The van der Waals surface area contributed by atoms with Gasteiger partial charge in [0.25, 0.3) is 0 Å². The van der Waals surface area contributed by atoms with Gasteiger partial charge in [0.05, 0.1) is 17.1 Å². The van der Waals surface area contributed by atoms with Crippen molar-refractivity contribution in [2.45, 2.75) is 6.92 Å². The number of nitrogens with two attached hydrogens (primary N) is 1. The van der Waals surface area contributed by atoms with E-state index >= 15 is 0 Å². The molecule has 1 aromatic carbocycles.